The minimum absolute atomic E-state index is 0.260. The smallest absolute Gasteiger partial charge is 0.296 e. The largest absolute Gasteiger partial charge is 0.391 e. The molecule has 0 fully saturated rings. The first-order valence-corrected chi connectivity index (χ1v) is 5.75. The van der Waals surface area contributed by atoms with Gasteiger partial charge in [0.05, 0.1) is 6.10 Å². The number of aliphatic hydroxyl groups excluding tert-OH is 1. The molecule has 0 bridgehead atoms. The predicted octanol–water partition coefficient (Wildman–Crippen LogP) is 1.32. The van der Waals surface area contributed by atoms with Crippen LogP contribution in [0.25, 0.3) is 0 Å². The van der Waals surface area contributed by atoms with Crippen LogP contribution < -0.4 is 5.32 Å². The number of rotatable bonds is 4. The van der Waals surface area contributed by atoms with Crippen LogP contribution in [-0.4, -0.2) is 23.7 Å². The Morgan fingerprint density at radius 3 is 2.76 bits per heavy atom. The first-order chi connectivity index (χ1) is 8.22. The lowest BCUT2D eigenvalue weighted by Crippen LogP contribution is -2.31. The Kier molecular flexibility index (Phi) is 5.84. The molecule has 1 rings (SSSR count). The Hall–Kier alpha value is -1.79. The highest BCUT2D eigenvalue weighted by Gasteiger charge is 2.03. The second-order valence-electron chi connectivity index (χ2n) is 3.77. The molecule has 0 aliphatic carbocycles. The van der Waals surface area contributed by atoms with Gasteiger partial charge in [0.15, 0.2) is 0 Å². The highest BCUT2D eigenvalue weighted by Crippen LogP contribution is 1.95. The highest BCUT2D eigenvalue weighted by atomic mass is 16.3. The predicted molar refractivity (Wildman–Crippen MR) is 67.2 cm³/mol. The fourth-order valence-electron chi connectivity index (χ4n) is 1.34. The summed E-state index contributed by atoms with van der Waals surface area (Å²) in [6.07, 6.45) is 1.10. The van der Waals surface area contributed by atoms with Gasteiger partial charge in [-0.15, -0.1) is 0 Å². The summed E-state index contributed by atoms with van der Waals surface area (Å²) in [5, 5.41) is 12.0. The van der Waals surface area contributed by atoms with Gasteiger partial charge >= 0.3 is 0 Å². The van der Waals surface area contributed by atoms with E-state index in [2.05, 4.69) is 17.2 Å². The van der Waals surface area contributed by atoms with E-state index in [0.29, 0.717) is 6.42 Å². The van der Waals surface area contributed by atoms with Crippen molar-refractivity contribution in [1.29, 1.82) is 0 Å². The SMILES string of the molecule is CCCC(O)CNC(=O)C#Cc1ccccc1. The third-order valence-corrected chi connectivity index (χ3v) is 2.21. The average molecular weight is 231 g/mol. The molecular formula is C14H17NO2. The molecule has 3 nitrogen and oxygen atoms in total. The Labute approximate surface area is 102 Å². The maximum atomic E-state index is 11.3. The second kappa shape index (κ2) is 7.48. The number of carbonyl (C=O) groups is 1. The lowest BCUT2D eigenvalue weighted by molar-refractivity contribution is -0.116. The van der Waals surface area contributed by atoms with Crippen LogP contribution in [0.4, 0.5) is 0 Å². The molecule has 1 unspecified atom stereocenters. The van der Waals surface area contributed by atoms with Crippen LogP contribution >= 0.6 is 0 Å². The number of hydrogen-bond donors (Lipinski definition) is 2. The second-order valence-corrected chi connectivity index (χ2v) is 3.77. The van der Waals surface area contributed by atoms with Gasteiger partial charge in [-0.1, -0.05) is 37.5 Å². The number of benzene rings is 1. The van der Waals surface area contributed by atoms with Crippen LogP contribution in [0, 0.1) is 11.8 Å². The Balaban J connectivity index is 2.38. The van der Waals surface area contributed by atoms with Crippen molar-refractivity contribution >= 4 is 5.91 Å². The van der Waals surface area contributed by atoms with E-state index in [-0.39, 0.29) is 12.5 Å². The van der Waals surface area contributed by atoms with Gasteiger partial charge in [0.25, 0.3) is 5.91 Å². The molecule has 1 aromatic rings. The Morgan fingerprint density at radius 2 is 2.12 bits per heavy atom. The fourth-order valence-corrected chi connectivity index (χ4v) is 1.34. The molecule has 0 saturated carbocycles. The molecule has 0 aliphatic rings. The minimum atomic E-state index is -0.484. The van der Waals surface area contributed by atoms with E-state index in [1.165, 1.54) is 0 Å². The molecule has 0 saturated heterocycles. The summed E-state index contributed by atoms with van der Waals surface area (Å²) in [7, 11) is 0. The van der Waals surface area contributed by atoms with Gasteiger partial charge in [0, 0.05) is 18.0 Å². The fraction of sp³-hybridized carbons (Fsp3) is 0.357. The van der Waals surface area contributed by atoms with E-state index in [1.54, 1.807) is 0 Å². The summed E-state index contributed by atoms with van der Waals surface area (Å²) >= 11 is 0. The molecule has 3 heteroatoms. The first-order valence-electron chi connectivity index (χ1n) is 5.75. The first kappa shape index (κ1) is 13.3. The third kappa shape index (κ3) is 5.74. The number of nitrogens with one attached hydrogen (secondary N) is 1. The molecule has 0 aromatic heterocycles. The van der Waals surface area contributed by atoms with Crippen molar-refractivity contribution in [3.05, 3.63) is 35.9 Å². The molecular weight excluding hydrogens is 214 g/mol. The quantitative estimate of drug-likeness (QED) is 0.768. The van der Waals surface area contributed by atoms with Crippen molar-refractivity contribution in [1.82, 2.24) is 5.32 Å². The van der Waals surface area contributed by atoms with E-state index >= 15 is 0 Å². The Bertz CT molecular complexity index is 403. The third-order valence-electron chi connectivity index (χ3n) is 2.21. The van der Waals surface area contributed by atoms with Crippen molar-refractivity contribution in [3.8, 4) is 11.8 Å². The molecule has 0 aliphatic heterocycles. The van der Waals surface area contributed by atoms with Crippen LogP contribution in [0.15, 0.2) is 30.3 Å². The van der Waals surface area contributed by atoms with Gasteiger partial charge in [0.1, 0.15) is 0 Å². The summed E-state index contributed by atoms with van der Waals surface area (Å²) in [6, 6.07) is 9.31. The normalized spacial score (nSPS) is 11.2. The lowest BCUT2D eigenvalue weighted by Gasteiger charge is -2.07. The van der Waals surface area contributed by atoms with Crippen LogP contribution in [-0.2, 0) is 4.79 Å². The molecule has 0 radical (unpaired) electrons. The average Bonchev–Trinajstić information content (AvgIpc) is 2.35. The van der Waals surface area contributed by atoms with Crippen molar-refractivity contribution < 1.29 is 9.90 Å². The van der Waals surface area contributed by atoms with Gasteiger partial charge in [-0.25, -0.2) is 0 Å². The molecule has 90 valence electrons. The topological polar surface area (TPSA) is 49.3 Å². The van der Waals surface area contributed by atoms with Crippen LogP contribution in [0.5, 0.6) is 0 Å². The summed E-state index contributed by atoms with van der Waals surface area (Å²) < 4.78 is 0. The number of aliphatic hydroxyl groups is 1. The van der Waals surface area contributed by atoms with Crippen LogP contribution in [0.3, 0.4) is 0 Å². The molecule has 0 heterocycles. The van der Waals surface area contributed by atoms with Gasteiger partial charge in [0.2, 0.25) is 0 Å². The van der Waals surface area contributed by atoms with Crippen molar-refractivity contribution in [2.24, 2.45) is 0 Å². The Morgan fingerprint density at radius 1 is 1.41 bits per heavy atom. The van der Waals surface area contributed by atoms with Crippen LogP contribution in [0.1, 0.15) is 25.3 Å². The van der Waals surface area contributed by atoms with E-state index < -0.39 is 6.10 Å². The number of hydrogen-bond acceptors (Lipinski definition) is 2. The standard InChI is InChI=1S/C14H17NO2/c1-2-6-13(16)11-15-14(17)10-9-12-7-4-3-5-8-12/h3-5,7-8,13,16H,2,6,11H2,1H3,(H,15,17). The highest BCUT2D eigenvalue weighted by molar-refractivity contribution is 5.94. The number of carbonyl (C=O) groups excluding carboxylic acids is 1. The molecule has 1 aromatic carbocycles. The molecule has 1 amide bonds. The zero-order valence-electron chi connectivity index (χ0n) is 9.94. The van der Waals surface area contributed by atoms with Crippen LogP contribution in [0.2, 0.25) is 0 Å². The molecule has 2 N–H and O–H groups in total. The van der Waals surface area contributed by atoms with E-state index in [1.807, 2.05) is 37.3 Å². The molecule has 0 spiro atoms. The summed E-state index contributed by atoms with van der Waals surface area (Å²) in [5.74, 6) is 4.88. The van der Waals surface area contributed by atoms with Crippen molar-refractivity contribution in [3.63, 3.8) is 0 Å². The van der Waals surface area contributed by atoms with E-state index in [0.717, 1.165) is 12.0 Å². The number of amides is 1. The monoisotopic (exact) mass is 231 g/mol. The molecule has 1 atom stereocenters. The van der Waals surface area contributed by atoms with Gasteiger partial charge < -0.3 is 10.4 Å². The maximum Gasteiger partial charge on any atom is 0.296 e. The summed E-state index contributed by atoms with van der Waals surface area (Å²) in [6.45, 7) is 2.25. The summed E-state index contributed by atoms with van der Waals surface area (Å²) in [5.41, 5.74) is 0.803. The summed E-state index contributed by atoms with van der Waals surface area (Å²) in [4.78, 5) is 11.3. The zero-order chi connectivity index (χ0) is 12.5. The van der Waals surface area contributed by atoms with Crippen molar-refractivity contribution in [2.75, 3.05) is 6.54 Å². The van der Waals surface area contributed by atoms with Crippen molar-refractivity contribution in [2.45, 2.75) is 25.9 Å². The van der Waals surface area contributed by atoms with Gasteiger partial charge in [-0.2, -0.15) is 0 Å². The zero-order valence-corrected chi connectivity index (χ0v) is 9.94. The maximum absolute atomic E-state index is 11.3. The van der Waals surface area contributed by atoms with Gasteiger partial charge in [-0.05, 0) is 18.6 Å². The minimum Gasteiger partial charge on any atom is -0.391 e. The van der Waals surface area contributed by atoms with Gasteiger partial charge in [-0.3, -0.25) is 4.79 Å². The molecule has 17 heavy (non-hydrogen) atoms. The van der Waals surface area contributed by atoms with E-state index in [4.69, 9.17) is 0 Å². The lowest BCUT2D eigenvalue weighted by atomic mass is 10.2. The van der Waals surface area contributed by atoms with E-state index in [9.17, 15) is 9.90 Å².